The Morgan fingerprint density at radius 2 is 2.05 bits per heavy atom. The molecule has 3 N–H and O–H groups in total. The van der Waals surface area contributed by atoms with Crippen molar-refractivity contribution in [2.45, 2.75) is 52.0 Å². The smallest absolute Gasteiger partial charge is 0.237 e. The average molecular weight is 292 g/mol. The zero-order chi connectivity index (χ0) is 15.9. The molecule has 0 aliphatic rings. The van der Waals surface area contributed by atoms with Crippen LogP contribution >= 0.6 is 0 Å². The molecule has 0 radical (unpaired) electrons. The van der Waals surface area contributed by atoms with Crippen LogP contribution in [-0.4, -0.2) is 24.6 Å². The van der Waals surface area contributed by atoms with E-state index in [0.717, 1.165) is 18.7 Å². The highest BCUT2D eigenvalue weighted by Crippen LogP contribution is 2.26. The van der Waals surface area contributed by atoms with Crippen LogP contribution in [0, 0.1) is 0 Å². The Kier molecular flexibility index (Phi) is 6.69. The van der Waals surface area contributed by atoms with Crippen LogP contribution in [0.4, 0.5) is 0 Å². The Labute approximate surface area is 128 Å². The molecule has 0 heterocycles. The Morgan fingerprint density at radius 3 is 2.62 bits per heavy atom. The molecule has 0 saturated carbocycles. The topological polar surface area (TPSA) is 64.3 Å². The van der Waals surface area contributed by atoms with Crippen molar-refractivity contribution in [3.63, 3.8) is 0 Å². The van der Waals surface area contributed by atoms with Crippen molar-refractivity contribution >= 4 is 5.91 Å². The van der Waals surface area contributed by atoms with Crippen LogP contribution in [0.25, 0.3) is 0 Å². The predicted octanol–water partition coefficient (Wildman–Crippen LogP) is 2.82. The predicted molar refractivity (Wildman–Crippen MR) is 86.5 cm³/mol. The van der Waals surface area contributed by atoms with Crippen molar-refractivity contribution in [1.29, 1.82) is 0 Å². The first-order chi connectivity index (χ1) is 9.90. The van der Waals surface area contributed by atoms with Gasteiger partial charge in [0.05, 0.1) is 12.1 Å². The van der Waals surface area contributed by atoms with Crippen molar-refractivity contribution in [2.75, 3.05) is 13.2 Å². The summed E-state index contributed by atoms with van der Waals surface area (Å²) >= 11 is 0. The lowest BCUT2D eigenvalue weighted by Gasteiger charge is -2.27. The quantitative estimate of drug-likeness (QED) is 0.735. The summed E-state index contributed by atoms with van der Waals surface area (Å²) in [6.07, 6.45) is 1.51. The summed E-state index contributed by atoms with van der Waals surface area (Å²) in [5, 5.41) is 3.21. The van der Waals surface area contributed by atoms with Crippen molar-refractivity contribution in [3.8, 4) is 5.75 Å². The summed E-state index contributed by atoms with van der Waals surface area (Å²) in [6.45, 7) is 9.39. The second-order valence-electron chi connectivity index (χ2n) is 5.91. The minimum absolute atomic E-state index is 0.336. The van der Waals surface area contributed by atoms with E-state index in [1.165, 1.54) is 5.56 Å². The molecule has 0 aliphatic carbocycles. The van der Waals surface area contributed by atoms with E-state index in [1.54, 1.807) is 0 Å². The van der Waals surface area contributed by atoms with Crippen molar-refractivity contribution in [2.24, 2.45) is 5.73 Å². The van der Waals surface area contributed by atoms with Gasteiger partial charge in [-0.2, -0.15) is 0 Å². The third kappa shape index (κ3) is 5.05. The Morgan fingerprint density at radius 1 is 1.38 bits per heavy atom. The third-order valence-corrected chi connectivity index (χ3v) is 3.71. The van der Waals surface area contributed by atoms with Crippen molar-refractivity contribution in [3.05, 3.63) is 29.8 Å². The van der Waals surface area contributed by atoms with E-state index < -0.39 is 5.54 Å². The lowest BCUT2D eigenvalue weighted by molar-refractivity contribution is -0.124. The van der Waals surface area contributed by atoms with Gasteiger partial charge in [0.15, 0.2) is 0 Å². The van der Waals surface area contributed by atoms with E-state index in [-0.39, 0.29) is 5.91 Å². The standard InChI is InChI=1S/C17H28N2O2/c1-5-11-19-17(4,16(18)20)10-12-21-15-9-7-6-8-14(15)13(2)3/h6-9,13,19H,5,10-12H2,1-4H3,(H2,18,20). The second-order valence-corrected chi connectivity index (χ2v) is 5.91. The molecule has 0 aromatic heterocycles. The summed E-state index contributed by atoms with van der Waals surface area (Å²) in [7, 11) is 0. The largest absolute Gasteiger partial charge is 0.493 e. The first-order valence-corrected chi connectivity index (χ1v) is 7.67. The molecule has 118 valence electrons. The highest BCUT2D eigenvalue weighted by atomic mass is 16.5. The highest BCUT2D eigenvalue weighted by molar-refractivity contribution is 5.84. The van der Waals surface area contributed by atoms with Crippen molar-refractivity contribution in [1.82, 2.24) is 5.32 Å². The number of amides is 1. The number of ether oxygens (including phenoxy) is 1. The maximum atomic E-state index is 11.6. The fourth-order valence-corrected chi connectivity index (χ4v) is 2.15. The SMILES string of the molecule is CCCNC(C)(CCOc1ccccc1C(C)C)C(N)=O. The summed E-state index contributed by atoms with van der Waals surface area (Å²) in [5.74, 6) is 0.952. The molecule has 0 fully saturated rings. The summed E-state index contributed by atoms with van der Waals surface area (Å²) in [4.78, 5) is 11.6. The van der Waals surface area contributed by atoms with Gasteiger partial charge in [-0.1, -0.05) is 39.0 Å². The van der Waals surface area contributed by atoms with E-state index in [1.807, 2.05) is 25.1 Å². The highest BCUT2D eigenvalue weighted by Gasteiger charge is 2.30. The Balaban J connectivity index is 2.64. The number of rotatable bonds is 9. The molecular weight excluding hydrogens is 264 g/mol. The van der Waals surface area contributed by atoms with E-state index in [2.05, 4.69) is 32.2 Å². The number of carbonyl (C=O) groups excluding carboxylic acids is 1. The number of para-hydroxylation sites is 1. The minimum atomic E-state index is -0.719. The van der Waals surface area contributed by atoms with E-state index in [4.69, 9.17) is 10.5 Å². The second kappa shape index (κ2) is 8.03. The van der Waals surface area contributed by atoms with Gasteiger partial charge in [0.25, 0.3) is 0 Å². The number of hydrogen-bond donors (Lipinski definition) is 2. The van der Waals surface area contributed by atoms with Gasteiger partial charge >= 0.3 is 0 Å². The van der Waals surface area contributed by atoms with Gasteiger partial charge in [-0.25, -0.2) is 0 Å². The molecule has 1 amide bonds. The molecule has 1 atom stereocenters. The molecule has 21 heavy (non-hydrogen) atoms. The Bertz CT molecular complexity index is 460. The number of benzene rings is 1. The lowest BCUT2D eigenvalue weighted by Crippen LogP contribution is -2.54. The first kappa shape index (κ1) is 17.5. The zero-order valence-electron chi connectivity index (χ0n) is 13.6. The van der Waals surface area contributed by atoms with Crippen LogP contribution in [0.5, 0.6) is 5.75 Å². The number of carbonyl (C=O) groups is 1. The summed E-state index contributed by atoms with van der Waals surface area (Å²) in [6, 6.07) is 8.02. The van der Waals surface area contributed by atoms with Crippen LogP contribution in [0.1, 0.15) is 52.0 Å². The zero-order valence-corrected chi connectivity index (χ0v) is 13.6. The van der Waals surface area contributed by atoms with Crippen molar-refractivity contribution < 1.29 is 9.53 Å². The minimum Gasteiger partial charge on any atom is -0.493 e. The lowest BCUT2D eigenvalue weighted by atomic mass is 9.97. The van der Waals surface area contributed by atoms with Gasteiger partial charge in [0.2, 0.25) is 5.91 Å². The van der Waals surface area contributed by atoms with Gasteiger partial charge in [-0.05, 0) is 37.4 Å². The van der Waals surface area contributed by atoms with Gasteiger partial charge in [-0.3, -0.25) is 4.79 Å². The van der Waals surface area contributed by atoms with Gasteiger partial charge in [-0.15, -0.1) is 0 Å². The van der Waals surface area contributed by atoms with Crippen LogP contribution in [0.2, 0.25) is 0 Å². The van der Waals surface area contributed by atoms with E-state index >= 15 is 0 Å². The van der Waals surface area contributed by atoms with Crippen LogP contribution in [-0.2, 0) is 4.79 Å². The number of nitrogens with one attached hydrogen (secondary N) is 1. The molecule has 0 bridgehead atoms. The van der Waals surface area contributed by atoms with Crippen LogP contribution in [0.15, 0.2) is 24.3 Å². The van der Waals surface area contributed by atoms with Gasteiger partial charge < -0.3 is 15.8 Å². The summed E-state index contributed by atoms with van der Waals surface area (Å²) in [5.41, 5.74) is 5.97. The van der Waals surface area contributed by atoms with Gasteiger partial charge in [0, 0.05) is 6.42 Å². The molecule has 1 aromatic carbocycles. The number of hydrogen-bond acceptors (Lipinski definition) is 3. The molecule has 0 spiro atoms. The number of primary amides is 1. The molecule has 4 heteroatoms. The van der Waals surface area contributed by atoms with Gasteiger partial charge in [0.1, 0.15) is 5.75 Å². The molecule has 0 aliphatic heterocycles. The molecular formula is C17H28N2O2. The maximum absolute atomic E-state index is 11.6. The van der Waals surface area contributed by atoms with E-state index in [9.17, 15) is 4.79 Å². The maximum Gasteiger partial charge on any atom is 0.237 e. The average Bonchev–Trinajstić information content (AvgIpc) is 2.45. The first-order valence-electron chi connectivity index (χ1n) is 7.67. The van der Waals surface area contributed by atoms with Crippen LogP contribution < -0.4 is 15.8 Å². The molecule has 1 unspecified atom stereocenters. The molecule has 0 saturated heterocycles. The fourth-order valence-electron chi connectivity index (χ4n) is 2.15. The monoisotopic (exact) mass is 292 g/mol. The Hall–Kier alpha value is -1.55. The normalized spacial score (nSPS) is 14.0. The summed E-state index contributed by atoms with van der Waals surface area (Å²) < 4.78 is 5.88. The molecule has 4 nitrogen and oxygen atoms in total. The van der Waals surface area contributed by atoms with E-state index in [0.29, 0.717) is 18.9 Å². The third-order valence-electron chi connectivity index (χ3n) is 3.71. The molecule has 1 rings (SSSR count). The fraction of sp³-hybridized carbons (Fsp3) is 0.588. The molecule has 1 aromatic rings. The number of nitrogens with two attached hydrogens (primary N) is 1. The van der Waals surface area contributed by atoms with Crippen LogP contribution in [0.3, 0.4) is 0 Å².